The summed E-state index contributed by atoms with van der Waals surface area (Å²) in [7, 11) is 0. The largest absolute Gasteiger partial charge is 0.394 e. The Morgan fingerprint density at radius 3 is 2.79 bits per heavy atom. The van der Waals surface area contributed by atoms with Crippen LogP contribution in [0.1, 0.15) is 32.1 Å². The van der Waals surface area contributed by atoms with Crippen molar-refractivity contribution in [1.29, 1.82) is 5.26 Å². The Bertz CT molecular complexity index is 344. The van der Waals surface area contributed by atoms with E-state index in [0.717, 1.165) is 12.8 Å². The SMILES string of the molecule is N#CCCC1CCC2OC([C@H](O)CO)CC2(CO)O1. The summed E-state index contributed by atoms with van der Waals surface area (Å²) >= 11 is 0. The van der Waals surface area contributed by atoms with Gasteiger partial charge in [0, 0.05) is 12.8 Å². The summed E-state index contributed by atoms with van der Waals surface area (Å²) in [4.78, 5) is 0. The molecule has 5 atom stereocenters. The van der Waals surface area contributed by atoms with Gasteiger partial charge in [0.15, 0.2) is 0 Å². The summed E-state index contributed by atoms with van der Waals surface area (Å²) in [5.41, 5.74) is -0.792. The lowest BCUT2D eigenvalue weighted by molar-refractivity contribution is -0.185. The van der Waals surface area contributed by atoms with Crippen molar-refractivity contribution in [3.63, 3.8) is 0 Å². The fourth-order valence-electron chi connectivity index (χ4n) is 3.02. The monoisotopic (exact) mass is 271 g/mol. The van der Waals surface area contributed by atoms with Gasteiger partial charge in [-0.2, -0.15) is 5.26 Å². The summed E-state index contributed by atoms with van der Waals surface area (Å²) in [6.07, 6.45) is 1.24. The number of hydrogen-bond donors (Lipinski definition) is 3. The third-order valence-electron chi connectivity index (χ3n) is 4.09. The summed E-state index contributed by atoms with van der Waals surface area (Å²) in [5, 5.41) is 36.9. The normalized spacial score (nSPS) is 39.6. The Labute approximate surface area is 112 Å². The van der Waals surface area contributed by atoms with E-state index in [9.17, 15) is 10.2 Å². The number of aliphatic hydroxyl groups is 3. The highest BCUT2D eigenvalue weighted by molar-refractivity contribution is 5.02. The molecule has 0 radical (unpaired) electrons. The van der Waals surface area contributed by atoms with Gasteiger partial charge in [-0.1, -0.05) is 0 Å². The van der Waals surface area contributed by atoms with Gasteiger partial charge in [0.05, 0.1) is 37.6 Å². The van der Waals surface area contributed by atoms with Gasteiger partial charge < -0.3 is 24.8 Å². The molecular formula is C13H21NO5. The van der Waals surface area contributed by atoms with Crippen LogP contribution in [0, 0.1) is 11.3 Å². The minimum Gasteiger partial charge on any atom is -0.394 e. The molecule has 0 aliphatic carbocycles. The standard InChI is InChI=1S/C13H21NO5/c14-5-1-2-9-3-4-12-13(8-16,19-9)6-11(18-12)10(17)7-15/h9-12,15-17H,1-4,6-8H2/t9?,10-,11?,12?,13?/m1/s1. The van der Waals surface area contributed by atoms with E-state index in [4.69, 9.17) is 19.8 Å². The van der Waals surface area contributed by atoms with Crippen LogP contribution < -0.4 is 0 Å². The zero-order valence-electron chi connectivity index (χ0n) is 10.9. The first-order valence-corrected chi connectivity index (χ1v) is 6.75. The van der Waals surface area contributed by atoms with Crippen LogP contribution in [0.25, 0.3) is 0 Å². The molecule has 0 aromatic carbocycles. The molecular weight excluding hydrogens is 250 g/mol. The van der Waals surface area contributed by atoms with Gasteiger partial charge in [-0.15, -0.1) is 0 Å². The van der Waals surface area contributed by atoms with Gasteiger partial charge in [0.25, 0.3) is 0 Å². The first kappa shape index (κ1) is 14.7. The van der Waals surface area contributed by atoms with E-state index in [1.165, 1.54) is 0 Å². The average molecular weight is 271 g/mol. The van der Waals surface area contributed by atoms with Crippen LogP contribution in [-0.2, 0) is 9.47 Å². The maximum atomic E-state index is 9.67. The zero-order valence-corrected chi connectivity index (χ0v) is 10.9. The summed E-state index contributed by atoms with van der Waals surface area (Å²) in [5.74, 6) is 0. The van der Waals surface area contributed by atoms with Crippen LogP contribution in [0.15, 0.2) is 0 Å². The fourth-order valence-corrected chi connectivity index (χ4v) is 3.02. The number of hydrogen-bond acceptors (Lipinski definition) is 6. The van der Waals surface area contributed by atoms with Gasteiger partial charge in [-0.25, -0.2) is 0 Å². The molecule has 4 unspecified atom stereocenters. The second-order valence-corrected chi connectivity index (χ2v) is 5.35. The van der Waals surface area contributed by atoms with Crippen LogP contribution in [0.2, 0.25) is 0 Å². The molecule has 2 aliphatic rings. The molecule has 0 aromatic rings. The fraction of sp³-hybridized carbons (Fsp3) is 0.923. The molecule has 0 saturated carbocycles. The van der Waals surface area contributed by atoms with Crippen LogP contribution in [0.3, 0.4) is 0 Å². The van der Waals surface area contributed by atoms with E-state index >= 15 is 0 Å². The third-order valence-corrected chi connectivity index (χ3v) is 4.09. The Kier molecular flexibility index (Phi) is 4.76. The van der Waals surface area contributed by atoms with Crippen LogP contribution in [-0.4, -0.2) is 58.6 Å². The average Bonchev–Trinajstić information content (AvgIpc) is 2.83. The zero-order chi connectivity index (χ0) is 13.9. The highest BCUT2D eigenvalue weighted by Gasteiger charge is 2.54. The van der Waals surface area contributed by atoms with E-state index in [0.29, 0.717) is 19.3 Å². The molecule has 108 valence electrons. The summed E-state index contributed by atoms with van der Waals surface area (Å²) in [6, 6.07) is 2.09. The van der Waals surface area contributed by atoms with Crippen molar-refractivity contribution in [2.45, 2.75) is 62.1 Å². The second-order valence-electron chi connectivity index (χ2n) is 5.35. The summed E-state index contributed by atoms with van der Waals surface area (Å²) < 4.78 is 11.7. The van der Waals surface area contributed by atoms with Crippen LogP contribution >= 0.6 is 0 Å². The van der Waals surface area contributed by atoms with Crippen molar-refractivity contribution < 1.29 is 24.8 Å². The molecule has 2 aliphatic heterocycles. The molecule has 2 fully saturated rings. The van der Waals surface area contributed by atoms with Crippen molar-refractivity contribution in [3.05, 3.63) is 0 Å². The van der Waals surface area contributed by atoms with Crippen LogP contribution in [0.5, 0.6) is 0 Å². The van der Waals surface area contributed by atoms with Gasteiger partial charge in [-0.05, 0) is 19.3 Å². The molecule has 0 aromatic heterocycles. The number of fused-ring (bicyclic) bond motifs is 1. The first-order chi connectivity index (χ1) is 9.15. The molecule has 2 heterocycles. The quantitative estimate of drug-likeness (QED) is 0.635. The van der Waals surface area contributed by atoms with E-state index in [1.807, 2.05) is 0 Å². The second kappa shape index (κ2) is 6.16. The molecule has 3 N–H and O–H groups in total. The number of ether oxygens (including phenoxy) is 2. The molecule has 0 bridgehead atoms. The molecule has 19 heavy (non-hydrogen) atoms. The summed E-state index contributed by atoms with van der Waals surface area (Å²) in [6.45, 7) is -0.536. The first-order valence-electron chi connectivity index (χ1n) is 6.75. The van der Waals surface area contributed by atoms with Crippen LogP contribution in [0.4, 0.5) is 0 Å². The smallest absolute Gasteiger partial charge is 0.120 e. The van der Waals surface area contributed by atoms with Gasteiger partial charge in [-0.3, -0.25) is 0 Å². The lowest BCUT2D eigenvalue weighted by Crippen LogP contribution is -2.51. The third kappa shape index (κ3) is 2.91. The van der Waals surface area contributed by atoms with Gasteiger partial charge in [0.1, 0.15) is 11.7 Å². The predicted molar refractivity (Wildman–Crippen MR) is 65.1 cm³/mol. The van der Waals surface area contributed by atoms with E-state index in [-0.39, 0.29) is 25.4 Å². The number of aliphatic hydroxyl groups excluding tert-OH is 3. The Morgan fingerprint density at radius 2 is 2.16 bits per heavy atom. The highest BCUT2D eigenvalue weighted by atomic mass is 16.6. The Balaban J connectivity index is 2.02. The molecule has 6 heteroatoms. The van der Waals surface area contributed by atoms with Gasteiger partial charge >= 0.3 is 0 Å². The number of nitriles is 1. The number of nitrogens with zero attached hydrogens (tertiary/aromatic N) is 1. The van der Waals surface area contributed by atoms with Crippen molar-refractivity contribution in [2.24, 2.45) is 0 Å². The number of rotatable bonds is 5. The van der Waals surface area contributed by atoms with Crippen molar-refractivity contribution in [1.82, 2.24) is 0 Å². The van der Waals surface area contributed by atoms with E-state index in [1.54, 1.807) is 0 Å². The van der Waals surface area contributed by atoms with Gasteiger partial charge in [0.2, 0.25) is 0 Å². The lowest BCUT2D eigenvalue weighted by atomic mass is 9.86. The molecule has 2 saturated heterocycles. The van der Waals surface area contributed by atoms with Crippen molar-refractivity contribution >= 4 is 0 Å². The van der Waals surface area contributed by atoms with Crippen molar-refractivity contribution in [2.75, 3.05) is 13.2 Å². The Hall–Kier alpha value is -0.710. The topological polar surface area (TPSA) is 103 Å². The van der Waals surface area contributed by atoms with Crippen molar-refractivity contribution in [3.8, 4) is 6.07 Å². The van der Waals surface area contributed by atoms with E-state index < -0.39 is 17.8 Å². The minimum absolute atomic E-state index is 0.0448. The predicted octanol–water partition coefficient (Wildman–Crippen LogP) is -0.289. The molecule has 2 rings (SSSR count). The molecule has 6 nitrogen and oxygen atoms in total. The lowest BCUT2D eigenvalue weighted by Gasteiger charge is -2.40. The van der Waals surface area contributed by atoms with E-state index in [2.05, 4.69) is 6.07 Å². The maximum Gasteiger partial charge on any atom is 0.120 e. The highest BCUT2D eigenvalue weighted by Crippen LogP contribution is 2.42. The molecule has 0 spiro atoms. The maximum absolute atomic E-state index is 9.67. The Morgan fingerprint density at radius 1 is 1.37 bits per heavy atom. The minimum atomic E-state index is -0.949. The molecule has 0 amide bonds.